The molecular formula is C21H18F3N3O5S. The number of halogens is 3. The molecule has 33 heavy (non-hydrogen) atoms. The number of amides is 3. The summed E-state index contributed by atoms with van der Waals surface area (Å²) in [7, 11) is -4.43. The summed E-state index contributed by atoms with van der Waals surface area (Å²) in [5.41, 5.74) is 0.643. The van der Waals surface area contributed by atoms with E-state index in [0.717, 1.165) is 9.21 Å². The van der Waals surface area contributed by atoms with E-state index in [2.05, 4.69) is 0 Å². The van der Waals surface area contributed by atoms with Crippen molar-refractivity contribution in [3.05, 3.63) is 59.4 Å². The first-order chi connectivity index (χ1) is 15.6. The van der Waals surface area contributed by atoms with Gasteiger partial charge in [-0.05, 0) is 36.4 Å². The van der Waals surface area contributed by atoms with E-state index in [1.807, 2.05) is 0 Å². The summed E-state index contributed by atoms with van der Waals surface area (Å²) in [6.45, 7) is -0.342. The lowest BCUT2D eigenvalue weighted by molar-refractivity contribution is -0.121. The van der Waals surface area contributed by atoms with Crippen LogP contribution in [-0.2, 0) is 19.6 Å². The predicted octanol–water partition coefficient (Wildman–Crippen LogP) is 1.90. The highest BCUT2D eigenvalue weighted by molar-refractivity contribution is 7.89. The van der Waals surface area contributed by atoms with Crippen LogP contribution in [0.4, 0.5) is 18.9 Å². The molecule has 0 aliphatic carbocycles. The van der Waals surface area contributed by atoms with Gasteiger partial charge in [0.1, 0.15) is 4.90 Å². The third-order valence-corrected chi connectivity index (χ3v) is 7.48. The van der Waals surface area contributed by atoms with E-state index in [1.54, 1.807) is 0 Å². The second-order valence-corrected chi connectivity index (χ2v) is 9.45. The fourth-order valence-corrected chi connectivity index (χ4v) is 5.26. The highest BCUT2D eigenvalue weighted by atomic mass is 32.2. The number of carbonyl (C=O) groups is 3. The fraction of sp³-hybridized carbons (Fsp3) is 0.286. The van der Waals surface area contributed by atoms with Gasteiger partial charge < -0.3 is 4.90 Å². The highest BCUT2D eigenvalue weighted by Gasteiger charge is 2.34. The van der Waals surface area contributed by atoms with Crippen molar-refractivity contribution in [1.82, 2.24) is 9.21 Å². The molecule has 12 heteroatoms. The summed E-state index contributed by atoms with van der Waals surface area (Å²) in [6.07, 6.45) is 0.280. The lowest BCUT2D eigenvalue weighted by atomic mass is 10.1. The smallest absolute Gasteiger partial charge is 0.253 e. The molecule has 2 aliphatic rings. The topological polar surface area (TPSA) is 95.1 Å². The summed E-state index contributed by atoms with van der Waals surface area (Å²) in [5, 5.41) is 0. The molecule has 8 nitrogen and oxygen atoms in total. The number of sulfonamides is 1. The molecule has 2 saturated heterocycles. The van der Waals surface area contributed by atoms with E-state index in [4.69, 9.17) is 0 Å². The molecule has 2 aromatic rings. The number of hydrogen-bond acceptors (Lipinski definition) is 5. The zero-order chi connectivity index (χ0) is 23.9. The Balaban J connectivity index is 1.44. The SMILES string of the molecule is O=C(c1ccc(N2C(=O)CCC2=O)cc1)N1CCN(S(=O)(=O)c2ccc(F)c(F)c2F)CC1. The van der Waals surface area contributed by atoms with E-state index in [0.29, 0.717) is 17.8 Å². The molecule has 0 spiro atoms. The summed E-state index contributed by atoms with van der Waals surface area (Å²) >= 11 is 0. The molecule has 0 aromatic heterocycles. The third-order valence-electron chi connectivity index (χ3n) is 5.57. The Bertz CT molecular complexity index is 1230. The maximum absolute atomic E-state index is 14.0. The van der Waals surface area contributed by atoms with Gasteiger partial charge in [0, 0.05) is 44.6 Å². The molecule has 0 atom stereocenters. The number of piperazine rings is 1. The number of carbonyl (C=O) groups excluding carboxylic acids is 3. The van der Waals surface area contributed by atoms with Crippen LogP contribution in [0, 0.1) is 17.5 Å². The Labute approximate surface area is 187 Å². The maximum Gasteiger partial charge on any atom is 0.253 e. The second-order valence-electron chi connectivity index (χ2n) is 7.54. The van der Waals surface area contributed by atoms with Gasteiger partial charge in [-0.25, -0.2) is 21.6 Å². The lowest BCUT2D eigenvalue weighted by Crippen LogP contribution is -2.50. The van der Waals surface area contributed by atoms with Crippen molar-refractivity contribution in [2.75, 3.05) is 31.1 Å². The minimum absolute atomic E-state index is 0.00575. The van der Waals surface area contributed by atoms with Gasteiger partial charge in [0.05, 0.1) is 5.69 Å². The molecular weight excluding hydrogens is 463 g/mol. The van der Waals surface area contributed by atoms with Gasteiger partial charge in [-0.15, -0.1) is 0 Å². The van der Waals surface area contributed by atoms with Gasteiger partial charge in [0.15, 0.2) is 17.5 Å². The minimum Gasteiger partial charge on any atom is -0.336 e. The van der Waals surface area contributed by atoms with Gasteiger partial charge in [0.2, 0.25) is 21.8 Å². The molecule has 2 heterocycles. The molecule has 2 aromatic carbocycles. The van der Waals surface area contributed by atoms with Crippen LogP contribution in [0.5, 0.6) is 0 Å². The number of hydrogen-bond donors (Lipinski definition) is 0. The van der Waals surface area contributed by atoms with Crippen LogP contribution in [0.3, 0.4) is 0 Å². The normalized spacial score (nSPS) is 17.7. The number of imide groups is 1. The first-order valence-electron chi connectivity index (χ1n) is 10.00. The molecule has 174 valence electrons. The Kier molecular flexibility index (Phi) is 5.97. The molecule has 4 rings (SSSR count). The van der Waals surface area contributed by atoms with Crippen molar-refractivity contribution >= 4 is 33.4 Å². The first-order valence-corrected chi connectivity index (χ1v) is 11.4. The van der Waals surface area contributed by atoms with Crippen LogP contribution >= 0.6 is 0 Å². The molecule has 0 saturated carbocycles. The average molecular weight is 481 g/mol. The largest absolute Gasteiger partial charge is 0.336 e. The van der Waals surface area contributed by atoms with Gasteiger partial charge >= 0.3 is 0 Å². The monoisotopic (exact) mass is 481 g/mol. The van der Waals surface area contributed by atoms with Gasteiger partial charge in [-0.3, -0.25) is 19.3 Å². The third kappa shape index (κ3) is 4.11. The Morgan fingerprint density at radius 3 is 1.94 bits per heavy atom. The van der Waals surface area contributed by atoms with Crippen LogP contribution in [0.25, 0.3) is 0 Å². The Morgan fingerprint density at radius 1 is 0.788 bits per heavy atom. The van der Waals surface area contributed by atoms with Crippen LogP contribution < -0.4 is 4.90 Å². The number of anilines is 1. The predicted molar refractivity (Wildman–Crippen MR) is 109 cm³/mol. The molecule has 0 bridgehead atoms. The molecule has 2 aliphatic heterocycles. The lowest BCUT2D eigenvalue weighted by Gasteiger charge is -2.34. The molecule has 2 fully saturated rings. The average Bonchev–Trinajstić information content (AvgIpc) is 3.15. The second kappa shape index (κ2) is 8.60. The van der Waals surface area contributed by atoms with Crippen molar-refractivity contribution < 1.29 is 36.0 Å². The molecule has 3 amide bonds. The quantitative estimate of drug-likeness (QED) is 0.491. The van der Waals surface area contributed by atoms with E-state index in [-0.39, 0.29) is 56.4 Å². The maximum atomic E-state index is 14.0. The van der Waals surface area contributed by atoms with Crippen LogP contribution in [0.15, 0.2) is 41.3 Å². The van der Waals surface area contributed by atoms with E-state index in [1.165, 1.54) is 29.2 Å². The Hall–Kier alpha value is -3.25. The summed E-state index contributed by atoms with van der Waals surface area (Å²) in [6, 6.07) is 7.12. The minimum atomic E-state index is -4.43. The van der Waals surface area contributed by atoms with Crippen LogP contribution in [0.1, 0.15) is 23.2 Å². The van der Waals surface area contributed by atoms with Gasteiger partial charge in [-0.2, -0.15) is 4.31 Å². The van der Waals surface area contributed by atoms with E-state index in [9.17, 15) is 36.0 Å². The highest BCUT2D eigenvalue weighted by Crippen LogP contribution is 2.25. The summed E-state index contributed by atoms with van der Waals surface area (Å²) in [5.74, 6) is -6.17. The zero-order valence-electron chi connectivity index (χ0n) is 17.1. The van der Waals surface area contributed by atoms with Crippen LogP contribution in [0.2, 0.25) is 0 Å². The number of nitrogens with zero attached hydrogens (tertiary/aromatic N) is 3. The van der Waals surface area contributed by atoms with Crippen molar-refractivity contribution in [1.29, 1.82) is 0 Å². The van der Waals surface area contributed by atoms with E-state index < -0.39 is 38.3 Å². The molecule has 0 unspecified atom stereocenters. The summed E-state index contributed by atoms with van der Waals surface area (Å²) in [4.78, 5) is 37.9. The zero-order valence-corrected chi connectivity index (χ0v) is 17.9. The van der Waals surface area contributed by atoms with Gasteiger partial charge in [-0.1, -0.05) is 0 Å². The number of rotatable bonds is 4. The van der Waals surface area contributed by atoms with Crippen molar-refractivity contribution in [3.63, 3.8) is 0 Å². The fourth-order valence-electron chi connectivity index (χ4n) is 3.78. The Morgan fingerprint density at radius 2 is 1.36 bits per heavy atom. The van der Waals surface area contributed by atoms with Crippen molar-refractivity contribution in [2.45, 2.75) is 17.7 Å². The standard InChI is InChI=1S/C21H18F3N3O5S/c22-15-5-6-16(20(24)19(15)23)33(31,32)26-11-9-25(10-12-26)21(30)13-1-3-14(4-2-13)27-17(28)7-8-18(27)29/h1-6H,7-12H2. The number of benzene rings is 2. The molecule has 0 N–H and O–H groups in total. The van der Waals surface area contributed by atoms with Crippen LogP contribution in [-0.4, -0.2) is 61.5 Å². The molecule has 0 radical (unpaired) electrons. The van der Waals surface area contributed by atoms with E-state index >= 15 is 0 Å². The van der Waals surface area contributed by atoms with Gasteiger partial charge in [0.25, 0.3) is 5.91 Å². The summed E-state index contributed by atoms with van der Waals surface area (Å²) < 4.78 is 66.9. The first kappa shape index (κ1) is 22.9. The van der Waals surface area contributed by atoms with Crippen molar-refractivity contribution in [2.24, 2.45) is 0 Å². The van der Waals surface area contributed by atoms with Crippen molar-refractivity contribution in [3.8, 4) is 0 Å².